The van der Waals surface area contributed by atoms with Crippen molar-refractivity contribution in [3.63, 3.8) is 0 Å². The van der Waals surface area contributed by atoms with E-state index in [4.69, 9.17) is 5.26 Å². The van der Waals surface area contributed by atoms with E-state index in [1.54, 1.807) is 17.0 Å². The van der Waals surface area contributed by atoms with Crippen LogP contribution < -0.4 is 5.32 Å². The second-order valence-electron chi connectivity index (χ2n) is 5.76. The lowest BCUT2D eigenvalue weighted by Crippen LogP contribution is -2.61. The number of carbonyl (C=O) groups is 2. The molecule has 1 aromatic rings. The zero-order valence-corrected chi connectivity index (χ0v) is 11.7. The SMILES string of the molecule is N#Cc1ccc(CC(=O)N2CC(NC(=O)C3CC3)C2)cc1. The lowest BCUT2D eigenvalue weighted by Gasteiger charge is -2.39. The van der Waals surface area contributed by atoms with Gasteiger partial charge in [-0.1, -0.05) is 12.1 Å². The molecule has 0 radical (unpaired) electrons. The third-order valence-electron chi connectivity index (χ3n) is 3.97. The highest BCUT2D eigenvalue weighted by Crippen LogP contribution is 2.29. The number of amides is 2. The van der Waals surface area contributed by atoms with Gasteiger partial charge in [-0.25, -0.2) is 0 Å². The topological polar surface area (TPSA) is 73.2 Å². The first-order chi connectivity index (χ1) is 10.2. The fourth-order valence-corrected chi connectivity index (χ4v) is 2.42. The van der Waals surface area contributed by atoms with Crippen LogP contribution in [0.25, 0.3) is 0 Å². The highest BCUT2D eigenvalue weighted by Gasteiger charge is 2.36. The molecule has 1 saturated carbocycles. The normalized spacial score (nSPS) is 17.8. The van der Waals surface area contributed by atoms with Gasteiger partial charge in [0.2, 0.25) is 11.8 Å². The molecule has 21 heavy (non-hydrogen) atoms. The van der Waals surface area contributed by atoms with Gasteiger partial charge < -0.3 is 10.2 Å². The minimum atomic E-state index is 0.0663. The minimum Gasteiger partial charge on any atom is -0.350 e. The molecule has 1 aliphatic heterocycles. The molecule has 0 bridgehead atoms. The van der Waals surface area contributed by atoms with Gasteiger partial charge in [-0.15, -0.1) is 0 Å². The maximum atomic E-state index is 12.1. The van der Waals surface area contributed by atoms with E-state index in [2.05, 4.69) is 11.4 Å². The van der Waals surface area contributed by atoms with Gasteiger partial charge in [0.1, 0.15) is 0 Å². The number of rotatable bonds is 4. The summed E-state index contributed by atoms with van der Waals surface area (Å²) in [6.45, 7) is 1.21. The molecule has 5 heteroatoms. The molecule has 2 fully saturated rings. The second-order valence-corrected chi connectivity index (χ2v) is 5.76. The number of likely N-dealkylation sites (tertiary alicyclic amines) is 1. The Kier molecular flexibility index (Phi) is 3.61. The Balaban J connectivity index is 1.44. The number of nitriles is 1. The van der Waals surface area contributed by atoms with E-state index in [-0.39, 0.29) is 23.8 Å². The summed E-state index contributed by atoms with van der Waals surface area (Å²) in [6.07, 6.45) is 2.34. The molecule has 1 aromatic carbocycles. The van der Waals surface area contributed by atoms with Crippen molar-refractivity contribution in [3.8, 4) is 6.07 Å². The molecule has 0 atom stereocenters. The van der Waals surface area contributed by atoms with E-state index in [1.807, 2.05) is 12.1 Å². The summed E-state index contributed by atoms with van der Waals surface area (Å²) in [5.41, 5.74) is 1.50. The van der Waals surface area contributed by atoms with E-state index in [9.17, 15) is 9.59 Å². The minimum absolute atomic E-state index is 0.0663. The number of hydrogen-bond acceptors (Lipinski definition) is 3. The van der Waals surface area contributed by atoms with E-state index in [0.29, 0.717) is 25.1 Å². The first kappa shape index (κ1) is 13.6. The maximum absolute atomic E-state index is 12.1. The second kappa shape index (κ2) is 5.57. The number of carbonyl (C=O) groups excluding carboxylic acids is 2. The Morgan fingerprint density at radius 1 is 1.24 bits per heavy atom. The number of hydrogen-bond donors (Lipinski definition) is 1. The number of nitrogens with one attached hydrogen (secondary N) is 1. The van der Waals surface area contributed by atoms with Gasteiger partial charge in [-0.2, -0.15) is 5.26 Å². The number of nitrogens with zero attached hydrogens (tertiary/aromatic N) is 2. The number of benzene rings is 1. The first-order valence-corrected chi connectivity index (χ1v) is 7.23. The van der Waals surface area contributed by atoms with Crippen LogP contribution in [0, 0.1) is 17.2 Å². The van der Waals surface area contributed by atoms with Crippen molar-refractivity contribution >= 4 is 11.8 Å². The highest BCUT2D eigenvalue weighted by molar-refractivity contribution is 5.83. The van der Waals surface area contributed by atoms with Gasteiger partial charge in [0.15, 0.2) is 0 Å². The molecule has 0 aromatic heterocycles. The third kappa shape index (κ3) is 3.22. The molecule has 2 amide bonds. The summed E-state index contributed by atoms with van der Waals surface area (Å²) in [5.74, 6) is 0.421. The Labute approximate surface area is 123 Å². The smallest absolute Gasteiger partial charge is 0.227 e. The zero-order valence-electron chi connectivity index (χ0n) is 11.7. The lowest BCUT2D eigenvalue weighted by atomic mass is 10.0. The molecule has 5 nitrogen and oxygen atoms in total. The molecular formula is C16H17N3O2. The summed E-state index contributed by atoms with van der Waals surface area (Å²) in [7, 11) is 0. The average Bonchev–Trinajstić information content (AvgIpc) is 3.27. The Morgan fingerprint density at radius 2 is 1.90 bits per heavy atom. The highest BCUT2D eigenvalue weighted by atomic mass is 16.2. The quantitative estimate of drug-likeness (QED) is 0.890. The van der Waals surface area contributed by atoms with Crippen LogP contribution in [0.15, 0.2) is 24.3 Å². The molecular weight excluding hydrogens is 266 g/mol. The monoisotopic (exact) mass is 283 g/mol. The van der Waals surface area contributed by atoms with E-state index in [1.165, 1.54) is 0 Å². The van der Waals surface area contributed by atoms with Crippen LogP contribution in [0.2, 0.25) is 0 Å². The van der Waals surface area contributed by atoms with Crippen molar-refractivity contribution in [2.75, 3.05) is 13.1 Å². The summed E-state index contributed by atoms with van der Waals surface area (Å²) >= 11 is 0. The van der Waals surface area contributed by atoms with Gasteiger partial charge in [0.25, 0.3) is 0 Å². The van der Waals surface area contributed by atoms with Gasteiger partial charge in [0.05, 0.1) is 24.1 Å². The molecule has 1 saturated heterocycles. The molecule has 108 valence electrons. The molecule has 1 heterocycles. The van der Waals surface area contributed by atoms with Crippen molar-refractivity contribution in [1.82, 2.24) is 10.2 Å². The van der Waals surface area contributed by atoms with Gasteiger partial charge >= 0.3 is 0 Å². The van der Waals surface area contributed by atoms with Crippen molar-refractivity contribution in [1.29, 1.82) is 5.26 Å². The zero-order chi connectivity index (χ0) is 14.8. The van der Waals surface area contributed by atoms with Crippen LogP contribution in [0.1, 0.15) is 24.0 Å². The summed E-state index contributed by atoms with van der Waals surface area (Å²) in [4.78, 5) is 25.4. The Hall–Kier alpha value is -2.35. The Bertz CT molecular complexity index is 593. The Morgan fingerprint density at radius 3 is 2.48 bits per heavy atom. The van der Waals surface area contributed by atoms with Crippen LogP contribution in [-0.4, -0.2) is 35.8 Å². The molecule has 2 aliphatic rings. The lowest BCUT2D eigenvalue weighted by molar-refractivity contribution is -0.137. The fraction of sp³-hybridized carbons (Fsp3) is 0.438. The van der Waals surface area contributed by atoms with Gasteiger partial charge in [0, 0.05) is 19.0 Å². The predicted octanol–water partition coefficient (Wildman–Crippen LogP) is 0.838. The van der Waals surface area contributed by atoms with Gasteiger partial charge in [-0.05, 0) is 30.5 Å². The van der Waals surface area contributed by atoms with Crippen molar-refractivity contribution in [2.45, 2.75) is 25.3 Å². The van der Waals surface area contributed by atoms with Crippen molar-refractivity contribution < 1.29 is 9.59 Å². The predicted molar refractivity (Wildman–Crippen MR) is 76.1 cm³/mol. The molecule has 3 rings (SSSR count). The fourth-order valence-electron chi connectivity index (χ4n) is 2.42. The van der Waals surface area contributed by atoms with Crippen LogP contribution in [0.5, 0.6) is 0 Å². The summed E-state index contributed by atoms with van der Waals surface area (Å²) < 4.78 is 0. The van der Waals surface area contributed by atoms with Crippen LogP contribution in [-0.2, 0) is 16.0 Å². The molecule has 0 unspecified atom stereocenters. The molecule has 0 spiro atoms. The average molecular weight is 283 g/mol. The molecule has 1 N–H and O–H groups in total. The standard InChI is InChI=1S/C16H17N3O2/c17-8-12-3-1-11(2-4-12)7-15(20)19-9-14(10-19)18-16(21)13-5-6-13/h1-4,13-14H,5-7,9-10H2,(H,18,21). The first-order valence-electron chi connectivity index (χ1n) is 7.23. The molecule has 1 aliphatic carbocycles. The van der Waals surface area contributed by atoms with Crippen LogP contribution >= 0.6 is 0 Å². The van der Waals surface area contributed by atoms with E-state index >= 15 is 0 Å². The summed E-state index contributed by atoms with van der Waals surface area (Å²) in [5, 5.41) is 11.7. The van der Waals surface area contributed by atoms with Crippen molar-refractivity contribution in [3.05, 3.63) is 35.4 Å². The van der Waals surface area contributed by atoms with Crippen LogP contribution in [0.4, 0.5) is 0 Å². The largest absolute Gasteiger partial charge is 0.350 e. The maximum Gasteiger partial charge on any atom is 0.227 e. The summed E-state index contributed by atoms with van der Waals surface area (Å²) in [6, 6.07) is 9.22. The van der Waals surface area contributed by atoms with Gasteiger partial charge in [-0.3, -0.25) is 9.59 Å². The van der Waals surface area contributed by atoms with Crippen LogP contribution in [0.3, 0.4) is 0 Å². The van der Waals surface area contributed by atoms with E-state index in [0.717, 1.165) is 18.4 Å². The van der Waals surface area contributed by atoms with E-state index < -0.39 is 0 Å². The third-order valence-corrected chi connectivity index (χ3v) is 3.97. The van der Waals surface area contributed by atoms with Crippen molar-refractivity contribution in [2.24, 2.45) is 5.92 Å².